The van der Waals surface area contributed by atoms with Gasteiger partial charge in [-0.25, -0.2) is 0 Å². The third kappa shape index (κ3) is 5.48. The zero-order chi connectivity index (χ0) is 16.5. The van der Waals surface area contributed by atoms with Gasteiger partial charge in [0.2, 0.25) is 0 Å². The Kier molecular flexibility index (Phi) is 8.25. The van der Waals surface area contributed by atoms with Crippen LogP contribution in [0.3, 0.4) is 0 Å². The molecule has 0 fully saturated rings. The summed E-state index contributed by atoms with van der Waals surface area (Å²) >= 11 is 0. The van der Waals surface area contributed by atoms with E-state index in [-0.39, 0.29) is 16.5 Å². The van der Waals surface area contributed by atoms with Gasteiger partial charge in [-0.2, -0.15) is 5.10 Å². The highest BCUT2D eigenvalue weighted by molar-refractivity contribution is 7.87. The number of carbonyl (C=O) groups is 1. The molecular weight excluding hydrogens is 292 g/mol. The molecule has 0 amide bonds. The summed E-state index contributed by atoms with van der Waals surface area (Å²) in [6.07, 6.45) is 7.59. The summed E-state index contributed by atoms with van der Waals surface area (Å²) in [5, 5.41) is 4.07. The molecule has 1 rings (SSSR count). The Hall–Kier alpha value is -1.29. The second-order valence-corrected chi connectivity index (χ2v) is 7.15. The molecule has 0 bridgehead atoms. The number of hydrogen-bond acceptors (Lipinski definition) is 2. The molecule has 3 nitrogen and oxygen atoms in total. The molecule has 0 radical (unpaired) electrons. The fourth-order valence-electron chi connectivity index (χ4n) is 2.45. The minimum absolute atomic E-state index is 0.203. The van der Waals surface area contributed by atoms with Crippen molar-refractivity contribution in [1.82, 2.24) is 0 Å². The number of nitrogens with zero attached hydrogens (tertiary/aromatic N) is 2. The summed E-state index contributed by atoms with van der Waals surface area (Å²) in [5.74, 6) is 0.654. The van der Waals surface area contributed by atoms with Crippen molar-refractivity contribution in [2.75, 3.05) is 12.0 Å². The maximum absolute atomic E-state index is 12.7. The molecular formula is C18H28N2OS. The van der Waals surface area contributed by atoms with Crippen LogP contribution in [-0.2, 0) is 23.5 Å². The Labute approximate surface area is 137 Å². The molecule has 122 valence electrons. The monoisotopic (exact) mass is 320 g/mol. The molecule has 0 aliphatic heterocycles. The van der Waals surface area contributed by atoms with Crippen LogP contribution in [-0.4, -0.2) is 24.0 Å². The third-order valence-electron chi connectivity index (χ3n) is 3.51. The van der Waals surface area contributed by atoms with Crippen LogP contribution in [0, 0.1) is 6.92 Å². The Balaban J connectivity index is 2.98. The molecule has 0 aliphatic carbocycles. The molecule has 0 saturated carbocycles. The number of benzene rings is 1. The molecule has 1 unspecified atom stereocenters. The van der Waals surface area contributed by atoms with E-state index in [4.69, 9.17) is 0 Å². The van der Waals surface area contributed by atoms with Gasteiger partial charge in [-0.15, -0.1) is 4.47 Å². The van der Waals surface area contributed by atoms with Gasteiger partial charge in [-0.05, 0) is 43.6 Å². The lowest BCUT2D eigenvalue weighted by atomic mass is 9.93. The zero-order valence-corrected chi connectivity index (χ0v) is 15.3. The SMILES string of the molecule is CCCC=NN=S(C)CC(=O)c1c(CC)cc(C)cc1CC. The fourth-order valence-corrected chi connectivity index (χ4v) is 3.26. The molecule has 22 heavy (non-hydrogen) atoms. The quantitative estimate of drug-likeness (QED) is 0.394. The van der Waals surface area contributed by atoms with Gasteiger partial charge in [0.15, 0.2) is 5.78 Å². The summed E-state index contributed by atoms with van der Waals surface area (Å²) in [4.78, 5) is 12.7. The number of aryl methyl sites for hydroxylation is 3. The van der Waals surface area contributed by atoms with E-state index in [1.807, 2.05) is 12.5 Å². The molecule has 0 saturated heterocycles. The smallest absolute Gasteiger partial charge is 0.174 e. The highest BCUT2D eigenvalue weighted by Gasteiger charge is 2.16. The van der Waals surface area contributed by atoms with E-state index in [0.29, 0.717) is 5.75 Å². The lowest BCUT2D eigenvalue weighted by Gasteiger charge is -2.13. The van der Waals surface area contributed by atoms with E-state index in [9.17, 15) is 4.79 Å². The van der Waals surface area contributed by atoms with Crippen LogP contribution < -0.4 is 0 Å². The van der Waals surface area contributed by atoms with E-state index in [1.54, 1.807) is 0 Å². The van der Waals surface area contributed by atoms with Gasteiger partial charge in [0.05, 0.1) is 5.75 Å². The van der Waals surface area contributed by atoms with Gasteiger partial charge in [-0.1, -0.05) is 55.6 Å². The number of unbranched alkanes of at least 4 members (excludes halogenated alkanes) is 1. The average molecular weight is 321 g/mol. The molecule has 1 atom stereocenters. The van der Waals surface area contributed by atoms with Gasteiger partial charge in [0, 0.05) is 11.8 Å². The van der Waals surface area contributed by atoms with E-state index in [2.05, 4.69) is 49.4 Å². The molecule has 4 heteroatoms. The molecule has 0 aliphatic rings. The number of rotatable bonds is 8. The maximum atomic E-state index is 12.7. The second-order valence-electron chi connectivity index (χ2n) is 5.50. The molecule has 0 aromatic heterocycles. The van der Waals surface area contributed by atoms with E-state index in [0.717, 1.165) is 42.4 Å². The first-order valence-corrected chi connectivity index (χ1v) is 9.80. The van der Waals surface area contributed by atoms with Crippen molar-refractivity contribution in [1.29, 1.82) is 0 Å². The Morgan fingerprint density at radius 3 is 2.27 bits per heavy atom. The minimum atomic E-state index is -0.352. The topological polar surface area (TPSA) is 41.8 Å². The first kappa shape index (κ1) is 18.8. The van der Waals surface area contributed by atoms with Gasteiger partial charge < -0.3 is 0 Å². The van der Waals surface area contributed by atoms with Crippen LogP contribution >= 0.6 is 0 Å². The van der Waals surface area contributed by atoms with Crippen molar-refractivity contribution in [3.63, 3.8) is 0 Å². The predicted octanol–water partition coefficient (Wildman–Crippen LogP) is 4.52. The van der Waals surface area contributed by atoms with Crippen molar-refractivity contribution in [3.8, 4) is 0 Å². The normalized spacial score (nSPS) is 13.0. The van der Waals surface area contributed by atoms with Crippen LogP contribution in [0.5, 0.6) is 0 Å². The molecule has 1 aromatic rings. The van der Waals surface area contributed by atoms with Gasteiger partial charge in [0.1, 0.15) is 0 Å². The lowest BCUT2D eigenvalue weighted by molar-refractivity contribution is 0.102. The number of carbonyl (C=O) groups excluding carboxylic acids is 1. The Morgan fingerprint density at radius 2 is 1.77 bits per heavy atom. The highest BCUT2D eigenvalue weighted by Crippen LogP contribution is 2.20. The van der Waals surface area contributed by atoms with Crippen molar-refractivity contribution >= 4 is 22.7 Å². The van der Waals surface area contributed by atoms with Crippen molar-refractivity contribution in [2.24, 2.45) is 9.57 Å². The molecule has 0 spiro atoms. The van der Waals surface area contributed by atoms with Gasteiger partial charge in [-0.3, -0.25) is 4.79 Å². The van der Waals surface area contributed by atoms with Crippen molar-refractivity contribution in [2.45, 2.75) is 53.4 Å². The van der Waals surface area contributed by atoms with Crippen molar-refractivity contribution < 1.29 is 4.79 Å². The van der Waals surface area contributed by atoms with Crippen LogP contribution in [0.25, 0.3) is 0 Å². The average Bonchev–Trinajstić information content (AvgIpc) is 2.50. The van der Waals surface area contributed by atoms with Crippen LogP contribution in [0.1, 0.15) is 60.7 Å². The number of Topliss-reactive ketones (excluding diaryl/α,β-unsaturated/α-hetero) is 1. The number of ketones is 1. The van der Waals surface area contributed by atoms with Gasteiger partial charge >= 0.3 is 0 Å². The second kappa shape index (κ2) is 9.67. The van der Waals surface area contributed by atoms with Crippen LogP contribution in [0.15, 0.2) is 21.7 Å². The minimum Gasteiger partial charge on any atom is -0.293 e. The Bertz CT molecular complexity index is 551. The maximum Gasteiger partial charge on any atom is 0.174 e. The van der Waals surface area contributed by atoms with E-state index >= 15 is 0 Å². The van der Waals surface area contributed by atoms with Crippen LogP contribution in [0.2, 0.25) is 0 Å². The first-order chi connectivity index (χ1) is 10.5. The molecule has 1 aromatic carbocycles. The van der Waals surface area contributed by atoms with E-state index < -0.39 is 0 Å². The first-order valence-electron chi connectivity index (χ1n) is 8.04. The highest BCUT2D eigenvalue weighted by atomic mass is 32.2. The Morgan fingerprint density at radius 1 is 1.18 bits per heavy atom. The fraction of sp³-hybridized carbons (Fsp3) is 0.556. The molecule has 0 N–H and O–H groups in total. The summed E-state index contributed by atoms with van der Waals surface area (Å²) < 4.78 is 4.23. The summed E-state index contributed by atoms with van der Waals surface area (Å²) in [6, 6.07) is 4.27. The third-order valence-corrected chi connectivity index (χ3v) is 4.57. The standard InChI is InChI=1S/C18H28N2OS/c1-6-9-10-19-20-22(5)13-17(21)18-15(7-2)11-14(4)12-16(18)8-3/h10-12H,6-9,13H2,1-5H3. The summed E-state index contributed by atoms with van der Waals surface area (Å²) in [7, 11) is -0.352. The van der Waals surface area contributed by atoms with Crippen LogP contribution in [0.4, 0.5) is 0 Å². The van der Waals surface area contributed by atoms with Crippen molar-refractivity contribution in [3.05, 3.63) is 34.4 Å². The summed E-state index contributed by atoms with van der Waals surface area (Å²) in [5.41, 5.74) is 4.47. The summed E-state index contributed by atoms with van der Waals surface area (Å²) in [6.45, 7) is 8.41. The lowest BCUT2D eigenvalue weighted by Crippen LogP contribution is -2.15. The largest absolute Gasteiger partial charge is 0.293 e. The molecule has 0 heterocycles. The predicted molar refractivity (Wildman–Crippen MR) is 98.2 cm³/mol. The zero-order valence-electron chi connectivity index (χ0n) is 14.5. The number of hydrogen-bond donors (Lipinski definition) is 0. The van der Waals surface area contributed by atoms with Gasteiger partial charge in [0.25, 0.3) is 0 Å². The van der Waals surface area contributed by atoms with E-state index in [1.165, 1.54) is 5.56 Å².